The molecule has 0 saturated heterocycles. The van der Waals surface area contributed by atoms with Gasteiger partial charge in [-0.2, -0.15) is 0 Å². The van der Waals surface area contributed by atoms with E-state index in [1.165, 1.54) is 31.2 Å². The number of nitrogens with one attached hydrogen (secondary N) is 1. The van der Waals surface area contributed by atoms with E-state index < -0.39 is 0 Å². The van der Waals surface area contributed by atoms with Crippen LogP contribution in [0.5, 0.6) is 0 Å². The molecule has 3 aliphatic rings. The molecule has 1 aromatic carbocycles. The number of fused-ring (bicyclic) bond motifs is 3. The van der Waals surface area contributed by atoms with Crippen molar-refractivity contribution in [2.24, 2.45) is 11.8 Å². The first-order valence-corrected chi connectivity index (χ1v) is 7.58. The first kappa shape index (κ1) is 12.8. The van der Waals surface area contributed by atoms with Crippen molar-refractivity contribution in [3.8, 4) is 0 Å². The summed E-state index contributed by atoms with van der Waals surface area (Å²) in [6.45, 7) is 0. The van der Waals surface area contributed by atoms with Gasteiger partial charge < -0.3 is 5.32 Å². The SMILES string of the molecule is CNC1C2CCC(CC2)C1c1ccc(Cl)c(Cl)c1. The lowest BCUT2D eigenvalue weighted by molar-refractivity contribution is 0.0988. The van der Waals surface area contributed by atoms with Crippen LogP contribution in [-0.2, 0) is 0 Å². The van der Waals surface area contributed by atoms with Crippen LogP contribution in [0.15, 0.2) is 18.2 Å². The van der Waals surface area contributed by atoms with Crippen molar-refractivity contribution < 1.29 is 0 Å². The molecule has 3 aliphatic carbocycles. The smallest absolute Gasteiger partial charge is 0.0595 e. The minimum absolute atomic E-state index is 0.606. The minimum Gasteiger partial charge on any atom is -0.316 e. The van der Waals surface area contributed by atoms with Crippen molar-refractivity contribution in [3.05, 3.63) is 33.8 Å². The van der Waals surface area contributed by atoms with E-state index >= 15 is 0 Å². The van der Waals surface area contributed by atoms with Gasteiger partial charge in [-0.3, -0.25) is 0 Å². The first-order chi connectivity index (χ1) is 8.70. The Labute approximate surface area is 119 Å². The molecule has 2 unspecified atom stereocenters. The number of rotatable bonds is 2. The van der Waals surface area contributed by atoms with Gasteiger partial charge in [0, 0.05) is 12.0 Å². The van der Waals surface area contributed by atoms with E-state index in [0.29, 0.717) is 22.0 Å². The number of likely N-dealkylation sites (N-methyl/N-ethyl adjacent to an activating group) is 1. The molecule has 1 aromatic rings. The predicted molar refractivity (Wildman–Crippen MR) is 77.5 cm³/mol. The number of benzene rings is 1. The highest BCUT2D eigenvalue weighted by Crippen LogP contribution is 2.50. The number of halogens is 2. The van der Waals surface area contributed by atoms with E-state index in [2.05, 4.69) is 24.5 Å². The number of hydrogen-bond acceptors (Lipinski definition) is 1. The standard InChI is InChI=1S/C15H19Cl2N/c1-18-15-10-4-2-9(3-5-10)14(15)11-6-7-12(16)13(17)8-11/h6-10,14-15,18H,2-5H2,1H3. The summed E-state index contributed by atoms with van der Waals surface area (Å²) in [7, 11) is 2.09. The fourth-order valence-corrected chi connectivity index (χ4v) is 4.37. The van der Waals surface area contributed by atoms with Crippen LogP contribution in [0, 0.1) is 11.8 Å². The molecule has 0 radical (unpaired) electrons. The van der Waals surface area contributed by atoms with Crippen LogP contribution in [0.3, 0.4) is 0 Å². The van der Waals surface area contributed by atoms with Crippen molar-refractivity contribution in [2.45, 2.75) is 37.6 Å². The quantitative estimate of drug-likeness (QED) is 0.844. The molecule has 0 amide bonds. The fourth-order valence-electron chi connectivity index (χ4n) is 4.06. The van der Waals surface area contributed by atoms with E-state index in [1.807, 2.05) is 6.07 Å². The minimum atomic E-state index is 0.606. The highest BCUT2D eigenvalue weighted by molar-refractivity contribution is 6.42. The molecule has 3 saturated carbocycles. The third-order valence-electron chi connectivity index (χ3n) is 4.88. The van der Waals surface area contributed by atoms with Gasteiger partial charge >= 0.3 is 0 Å². The average Bonchev–Trinajstić information content (AvgIpc) is 2.42. The summed E-state index contributed by atoms with van der Waals surface area (Å²) in [4.78, 5) is 0. The molecule has 1 nitrogen and oxygen atoms in total. The second-order valence-corrected chi connectivity index (χ2v) is 6.50. The van der Waals surface area contributed by atoms with Crippen molar-refractivity contribution in [1.82, 2.24) is 5.32 Å². The summed E-state index contributed by atoms with van der Waals surface area (Å²) < 4.78 is 0. The largest absolute Gasteiger partial charge is 0.316 e. The molecule has 3 fully saturated rings. The van der Waals surface area contributed by atoms with Crippen molar-refractivity contribution >= 4 is 23.2 Å². The summed E-state index contributed by atoms with van der Waals surface area (Å²) in [5, 5.41) is 4.88. The van der Waals surface area contributed by atoms with Crippen molar-refractivity contribution in [1.29, 1.82) is 0 Å². The Morgan fingerprint density at radius 3 is 2.28 bits per heavy atom. The third-order valence-corrected chi connectivity index (χ3v) is 5.62. The molecule has 1 N–H and O–H groups in total. The van der Waals surface area contributed by atoms with Crippen molar-refractivity contribution in [2.75, 3.05) is 7.05 Å². The monoisotopic (exact) mass is 283 g/mol. The zero-order valence-corrected chi connectivity index (χ0v) is 12.1. The van der Waals surface area contributed by atoms with Gasteiger partial charge in [-0.25, -0.2) is 0 Å². The molecule has 0 spiro atoms. The zero-order chi connectivity index (χ0) is 12.7. The average molecular weight is 284 g/mol. The third kappa shape index (κ3) is 2.07. The van der Waals surface area contributed by atoms with Crippen molar-refractivity contribution in [3.63, 3.8) is 0 Å². The molecule has 0 heterocycles. The number of hydrogen-bond donors (Lipinski definition) is 1. The van der Waals surface area contributed by atoms with Gasteiger partial charge in [-0.15, -0.1) is 0 Å². The second-order valence-electron chi connectivity index (χ2n) is 5.69. The van der Waals surface area contributed by atoms with E-state index in [0.717, 1.165) is 11.8 Å². The van der Waals surface area contributed by atoms with Gasteiger partial charge in [0.2, 0.25) is 0 Å². The Morgan fingerprint density at radius 1 is 1.00 bits per heavy atom. The lowest BCUT2D eigenvalue weighted by Gasteiger charge is -2.49. The van der Waals surface area contributed by atoms with E-state index in [1.54, 1.807) is 0 Å². The Morgan fingerprint density at radius 2 is 1.67 bits per heavy atom. The lowest BCUT2D eigenvalue weighted by Crippen LogP contribution is -2.49. The Hall–Kier alpha value is -0.240. The Bertz CT molecular complexity index is 438. The summed E-state index contributed by atoms with van der Waals surface area (Å²) in [6, 6.07) is 6.77. The van der Waals surface area contributed by atoms with E-state index in [-0.39, 0.29) is 0 Å². The Balaban J connectivity index is 1.95. The maximum Gasteiger partial charge on any atom is 0.0595 e. The van der Waals surface area contributed by atoms with Gasteiger partial charge in [0.1, 0.15) is 0 Å². The van der Waals surface area contributed by atoms with Crippen LogP contribution in [0.1, 0.15) is 37.2 Å². The first-order valence-electron chi connectivity index (χ1n) is 6.83. The normalized spacial score (nSPS) is 34.8. The summed E-state index contributed by atoms with van der Waals surface area (Å²) in [5.41, 5.74) is 1.36. The molecule has 2 bridgehead atoms. The van der Waals surface area contributed by atoms with Crippen LogP contribution in [0.25, 0.3) is 0 Å². The van der Waals surface area contributed by atoms with Gasteiger partial charge in [0.25, 0.3) is 0 Å². The van der Waals surface area contributed by atoms with Crippen LogP contribution in [0.2, 0.25) is 10.0 Å². The van der Waals surface area contributed by atoms with Crippen LogP contribution in [0.4, 0.5) is 0 Å². The summed E-state index contributed by atoms with van der Waals surface area (Å²) in [6.07, 6.45) is 5.50. The lowest BCUT2D eigenvalue weighted by atomic mass is 9.60. The van der Waals surface area contributed by atoms with Gasteiger partial charge in [0.05, 0.1) is 10.0 Å². The molecular formula is C15H19Cl2N. The van der Waals surface area contributed by atoms with Gasteiger partial charge in [-0.1, -0.05) is 29.3 Å². The van der Waals surface area contributed by atoms with Crippen LogP contribution in [-0.4, -0.2) is 13.1 Å². The molecular weight excluding hydrogens is 265 g/mol. The molecule has 0 aromatic heterocycles. The van der Waals surface area contributed by atoms with E-state index in [4.69, 9.17) is 23.2 Å². The van der Waals surface area contributed by atoms with Crippen LogP contribution < -0.4 is 5.32 Å². The maximum absolute atomic E-state index is 6.17. The molecule has 0 aliphatic heterocycles. The molecule has 18 heavy (non-hydrogen) atoms. The summed E-state index contributed by atoms with van der Waals surface area (Å²) >= 11 is 12.2. The summed E-state index contributed by atoms with van der Waals surface area (Å²) in [5.74, 6) is 2.25. The van der Waals surface area contributed by atoms with Gasteiger partial charge in [-0.05, 0) is 62.3 Å². The molecule has 2 atom stereocenters. The maximum atomic E-state index is 6.17. The topological polar surface area (TPSA) is 12.0 Å². The Kier molecular flexibility index (Phi) is 3.57. The predicted octanol–water partition coefficient (Wildman–Crippen LogP) is 4.49. The highest BCUT2D eigenvalue weighted by Gasteiger charge is 2.43. The highest BCUT2D eigenvalue weighted by atomic mass is 35.5. The second kappa shape index (κ2) is 5.03. The van der Waals surface area contributed by atoms with Crippen LogP contribution >= 0.6 is 23.2 Å². The van der Waals surface area contributed by atoms with E-state index in [9.17, 15) is 0 Å². The molecule has 98 valence electrons. The molecule has 4 rings (SSSR count). The zero-order valence-electron chi connectivity index (χ0n) is 10.6. The molecule has 3 heteroatoms. The fraction of sp³-hybridized carbons (Fsp3) is 0.600. The van der Waals surface area contributed by atoms with Gasteiger partial charge in [0.15, 0.2) is 0 Å².